The Morgan fingerprint density at radius 3 is 2.11 bits per heavy atom. The standard InChI is InChI=1S/C11H16F3N3O/c1-3-10(4-2,7-18)15-9-6-5-8(16-17-9)11(12,13)14/h5-6,18H,3-4,7H2,1-2H3,(H,15,17). The lowest BCUT2D eigenvalue weighted by Gasteiger charge is -2.31. The van der Waals surface area contributed by atoms with Crippen molar-refractivity contribution in [3.05, 3.63) is 17.8 Å². The molecule has 0 bridgehead atoms. The van der Waals surface area contributed by atoms with E-state index in [4.69, 9.17) is 0 Å². The van der Waals surface area contributed by atoms with E-state index in [1.807, 2.05) is 13.8 Å². The number of hydrogen-bond donors (Lipinski definition) is 2. The van der Waals surface area contributed by atoms with Gasteiger partial charge in [0, 0.05) is 0 Å². The predicted molar refractivity (Wildman–Crippen MR) is 61.1 cm³/mol. The molecule has 0 atom stereocenters. The molecule has 0 aliphatic carbocycles. The number of alkyl halides is 3. The first-order valence-corrected chi connectivity index (χ1v) is 5.67. The molecule has 0 saturated carbocycles. The molecule has 4 nitrogen and oxygen atoms in total. The summed E-state index contributed by atoms with van der Waals surface area (Å²) in [6.07, 6.45) is -3.24. The minimum atomic E-state index is -4.49. The molecular weight excluding hydrogens is 247 g/mol. The lowest BCUT2D eigenvalue weighted by atomic mass is 9.94. The Morgan fingerprint density at radius 1 is 1.17 bits per heavy atom. The van der Waals surface area contributed by atoms with Gasteiger partial charge in [-0.1, -0.05) is 13.8 Å². The Balaban J connectivity index is 2.86. The molecular formula is C11H16F3N3O. The molecule has 0 amide bonds. The summed E-state index contributed by atoms with van der Waals surface area (Å²) in [7, 11) is 0. The summed E-state index contributed by atoms with van der Waals surface area (Å²) in [6.45, 7) is 3.64. The topological polar surface area (TPSA) is 58.0 Å². The molecule has 1 aromatic rings. The highest BCUT2D eigenvalue weighted by Crippen LogP contribution is 2.28. The van der Waals surface area contributed by atoms with Crippen LogP contribution in [-0.2, 0) is 6.18 Å². The number of halogens is 3. The zero-order valence-electron chi connectivity index (χ0n) is 10.3. The highest BCUT2D eigenvalue weighted by atomic mass is 19.4. The summed E-state index contributed by atoms with van der Waals surface area (Å²) in [6, 6.07) is 2.08. The SMILES string of the molecule is CCC(CC)(CO)Nc1ccc(C(F)(F)F)nn1. The van der Waals surface area contributed by atoms with Crippen molar-refractivity contribution in [2.24, 2.45) is 0 Å². The Kier molecular flexibility index (Phi) is 4.50. The number of aromatic nitrogens is 2. The number of nitrogens with zero attached hydrogens (tertiary/aromatic N) is 2. The van der Waals surface area contributed by atoms with E-state index < -0.39 is 17.4 Å². The van der Waals surface area contributed by atoms with E-state index in [1.54, 1.807) is 0 Å². The van der Waals surface area contributed by atoms with Crippen LogP contribution >= 0.6 is 0 Å². The number of rotatable bonds is 5. The van der Waals surface area contributed by atoms with Gasteiger partial charge in [-0.05, 0) is 25.0 Å². The normalized spacial score (nSPS) is 12.6. The molecule has 0 aromatic carbocycles. The summed E-state index contributed by atoms with van der Waals surface area (Å²) >= 11 is 0. The van der Waals surface area contributed by atoms with Crippen molar-refractivity contribution in [2.75, 3.05) is 11.9 Å². The highest BCUT2D eigenvalue weighted by molar-refractivity contribution is 5.37. The van der Waals surface area contributed by atoms with Gasteiger partial charge in [0.05, 0.1) is 12.1 Å². The van der Waals surface area contributed by atoms with E-state index in [-0.39, 0.29) is 12.4 Å². The molecule has 1 aromatic heterocycles. The average molecular weight is 263 g/mol. The van der Waals surface area contributed by atoms with Gasteiger partial charge in [0.25, 0.3) is 0 Å². The van der Waals surface area contributed by atoms with Crippen LogP contribution < -0.4 is 5.32 Å². The maximum absolute atomic E-state index is 12.3. The molecule has 18 heavy (non-hydrogen) atoms. The van der Waals surface area contributed by atoms with Crippen molar-refractivity contribution >= 4 is 5.82 Å². The summed E-state index contributed by atoms with van der Waals surface area (Å²) in [5.74, 6) is 0.223. The van der Waals surface area contributed by atoms with E-state index >= 15 is 0 Å². The molecule has 1 heterocycles. The van der Waals surface area contributed by atoms with Crippen LogP contribution in [-0.4, -0.2) is 27.4 Å². The zero-order valence-corrected chi connectivity index (χ0v) is 10.3. The second-order valence-corrected chi connectivity index (χ2v) is 4.07. The van der Waals surface area contributed by atoms with Crippen molar-refractivity contribution in [3.8, 4) is 0 Å². The molecule has 0 aliphatic heterocycles. The van der Waals surface area contributed by atoms with Gasteiger partial charge in [-0.15, -0.1) is 10.2 Å². The molecule has 0 radical (unpaired) electrons. The minimum absolute atomic E-state index is 0.122. The van der Waals surface area contributed by atoms with E-state index in [9.17, 15) is 18.3 Å². The quantitative estimate of drug-likeness (QED) is 0.856. The Labute approximate surface area is 103 Å². The minimum Gasteiger partial charge on any atom is -0.394 e. The number of nitrogens with one attached hydrogen (secondary N) is 1. The first-order valence-electron chi connectivity index (χ1n) is 5.67. The molecule has 0 saturated heterocycles. The lowest BCUT2D eigenvalue weighted by molar-refractivity contribution is -0.141. The number of aliphatic hydroxyl groups is 1. The van der Waals surface area contributed by atoms with Crippen LogP contribution in [0.3, 0.4) is 0 Å². The zero-order chi connectivity index (χ0) is 13.8. The van der Waals surface area contributed by atoms with Crippen molar-refractivity contribution in [1.29, 1.82) is 0 Å². The third-order valence-corrected chi connectivity index (χ3v) is 3.00. The first-order chi connectivity index (χ1) is 8.37. The molecule has 102 valence electrons. The summed E-state index contributed by atoms with van der Waals surface area (Å²) in [5, 5.41) is 18.9. The van der Waals surface area contributed by atoms with E-state index in [1.165, 1.54) is 6.07 Å². The summed E-state index contributed by atoms with van der Waals surface area (Å²) < 4.78 is 36.9. The van der Waals surface area contributed by atoms with Crippen LogP contribution in [0.4, 0.5) is 19.0 Å². The highest BCUT2D eigenvalue weighted by Gasteiger charge is 2.33. The van der Waals surface area contributed by atoms with Crippen molar-refractivity contribution in [2.45, 2.75) is 38.4 Å². The Morgan fingerprint density at radius 2 is 1.78 bits per heavy atom. The smallest absolute Gasteiger partial charge is 0.394 e. The summed E-state index contributed by atoms with van der Waals surface area (Å²) in [5.41, 5.74) is -1.61. The van der Waals surface area contributed by atoms with E-state index in [0.29, 0.717) is 12.8 Å². The van der Waals surface area contributed by atoms with Crippen molar-refractivity contribution in [3.63, 3.8) is 0 Å². The molecule has 1 rings (SSSR count). The third-order valence-electron chi connectivity index (χ3n) is 3.00. The molecule has 7 heteroatoms. The van der Waals surface area contributed by atoms with Gasteiger partial charge in [0.1, 0.15) is 5.82 Å². The fourth-order valence-electron chi connectivity index (χ4n) is 1.51. The molecule has 0 fully saturated rings. The van der Waals surface area contributed by atoms with Crippen LogP contribution in [0.15, 0.2) is 12.1 Å². The molecule has 0 aliphatic rings. The number of hydrogen-bond acceptors (Lipinski definition) is 4. The van der Waals surface area contributed by atoms with Gasteiger partial charge in [0.2, 0.25) is 0 Å². The van der Waals surface area contributed by atoms with Crippen LogP contribution in [0.1, 0.15) is 32.4 Å². The number of anilines is 1. The van der Waals surface area contributed by atoms with Gasteiger partial charge in [0.15, 0.2) is 5.69 Å². The maximum atomic E-state index is 12.3. The Bertz CT molecular complexity index is 366. The number of aliphatic hydroxyl groups excluding tert-OH is 1. The van der Waals surface area contributed by atoms with Crippen LogP contribution in [0.5, 0.6) is 0 Å². The van der Waals surface area contributed by atoms with Gasteiger partial charge in [-0.3, -0.25) is 0 Å². The van der Waals surface area contributed by atoms with Gasteiger partial charge >= 0.3 is 6.18 Å². The Hall–Kier alpha value is -1.37. The molecule has 0 spiro atoms. The van der Waals surface area contributed by atoms with Crippen molar-refractivity contribution < 1.29 is 18.3 Å². The second kappa shape index (κ2) is 5.51. The van der Waals surface area contributed by atoms with Gasteiger partial charge in [-0.2, -0.15) is 13.2 Å². The fraction of sp³-hybridized carbons (Fsp3) is 0.636. The lowest BCUT2D eigenvalue weighted by Crippen LogP contribution is -2.41. The maximum Gasteiger partial charge on any atom is 0.435 e. The fourth-order valence-corrected chi connectivity index (χ4v) is 1.51. The monoisotopic (exact) mass is 263 g/mol. The van der Waals surface area contributed by atoms with Gasteiger partial charge < -0.3 is 10.4 Å². The molecule has 2 N–H and O–H groups in total. The largest absolute Gasteiger partial charge is 0.435 e. The summed E-state index contributed by atoms with van der Waals surface area (Å²) in [4.78, 5) is 0. The predicted octanol–water partition coefficient (Wildman–Crippen LogP) is 2.46. The third kappa shape index (κ3) is 3.32. The second-order valence-electron chi connectivity index (χ2n) is 4.07. The van der Waals surface area contributed by atoms with Crippen molar-refractivity contribution in [1.82, 2.24) is 10.2 Å². The average Bonchev–Trinajstić information content (AvgIpc) is 2.36. The first kappa shape index (κ1) is 14.7. The van der Waals surface area contributed by atoms with E-state index in [0.717, 1.165) is 6.07 Å². The van der Waals surface area contributed by atoms with Crippen LogP contribution in [0, 0.1) is 0 Å². The molecule has 0 unspecified atom stereocenters. The van der Waals surface area contributed by atoms with Crippen LogP contribution in [0.2, 0.25) is 0 Å². The van der Waals surface area contributed by atoms with Crippen LogP contribution in [0.25, 0.3) is 0 Å². The van der Waals surface area contributed by atoms with Gasteiger partial charge in [-0.25, -0.2) is 0 Å². The van der Waals surface area contributed by atoms with E-state index in [2.05, 4.69) is 15.5 Å².